The quantitative estimate of drug-likeness (QED) is 0.902. The Morgan fingerprint density at radius 2 is 1.95 bits per heavy atom. The standard InChI is InChI=1S/C16H24N2O/c1-14(19)17-16-8-6-7-15(13-16)9-12-18-10-4-2-3-5-11-18/h6-8,13H,2-5,9-12H2,1H3,(H,17,19). The smallest absolute Gasteiger partial charge is 0.221 e. The van der Waals surface area contributed by atoms with E-state index in [-0.39, 0.29) is 5.91 Å². The maximum atomic E-state index is 11.0. The summed E-state index contributed by atoms with van der Waals surface area (Å²) in [7, 11) is 0. The van der Waals surface area contributed by atoms with Gasteiger partial charge in [-0.2, -0.15) is 0 Å². The van der Waals surface area contributed by atoms with Crippen molar-refractivity contribution in [3.05, 3.63) is 29.8 Å². The van der Waals surface area contributed by atoms with E-state index in [0.717, 1.165) is 18.7 Å². The monoisotopic (exact) mass is 260 g/mol. The molecule has 1 amide bonds. The minimum Gasteiger partial charge on any atom is -0.326 e. The van der Waals surface area contributed by atoms with Gasteiger partial charge in [0.25, 0.3) is 0 Å². The number of nitrogens with zero attached hydrogens (tertiary/aromatic N) is 1. The van der Waals surface area contributed by atoms with E-state index in [4.69, 9.17) is 0 Å². The van der Waals surface area contributed by atoms with Gasteiger partial charge in [-0.15, -0.1) is 0 Å². The average Bonchev–Trinajstić information content (AvgIpc) is 2.64. The van der Waals surface area contributed by atoms with Gasteiger partial charge in [-0.25, -0.2) is 0 Å². The summed E-state index contributed by atoms with van der Waals surface area (Å²) in [4.78, 5) is 13.6. The van der Waals surface area contributed by atoms with Crippen LogP contribution in [-0.4, -0.2) is 30.4 Å². The van der Waals surface area contributed by atoms with E-state index < -0.39 is 0 Å². The first kappa shape index (κ1) is 14.1. The fraction of sp³-hybridized carbons (Fsp3) is 0.562. The SMILES string of the molecule is CC(=O)Nc1cccc(CCN2CCCCCC2)c1. The molecular formula is C16H24N2O. The number of benzene rings is 1. The van der Waals surface area contributed by atoms with Crippen molar-refractivity contribution < 1.29 is 4.79 Å². The van der Waals surface area contributed by atoms with E-state index in [2.05, 4.69) is 22.3 Å². The van der Waals surface area contributed by atoms with Gasteiger partial charge in [0.05, 0.1) is 0 Å². The minimum atomic E-state index is -0.00957. The van der Waals surface area contributed by atoms with E-state index in [9.17, 15) is 4.79 Å². The summed E-state index contributed by atoms with van der Waals surface area (Å²) in [6, 6.07) is 8.18. The normalized spacial score (nSPS) is 16.9. The lowest BCUT2D eigenvalue weighted by Crippen LogP contribution is -2.26. The molecule has 1 aromatic rings. The number of carbonyl (C=O) groups is 1. The molecule has 0 saturated carbocycles. The average molecular weight is 260 g/mol. The molecule has 1 fully saturated rings. The predicted octanol–water partition coefficient (Wildman–Crippen LogP) is 3.06. The van der Waals surface area contributed by atoms with E-state index in [1.165, 1.54) is 44.3 Å². The molecule has 1 N–H and O–H groups in total. The van der Waals surface area contributed by atoms with Crippen molar-refractivity contribution >= 4 is 11.6 Å². The molecule has 0 unspecified atom stereocenters. The summed E-state index contributed by atoms with van der Waals surface area (Å²) in [5.74, 6) is -0.00957. The number of nitrogens with one attached hydrogen (secondary N) is 1. The summed E-state index contributed by atoms with van der Waals surface area (Å²) in [6.45, 7) is 5.16. The first-order valence-corrected chi connectivity index (χ1v) is 7.33. The van der Waals surface area contributed by atoms with Crippen LogP contribution >= 0.6 is 0 Å². The topological polar surface area (TPSA) is 32.3 Å². The summed E-state index contributed by atoms with van der Waals surface area (Å²) in [5.41, 5.74) is 2.20. The molecule has 0 radical (unpaired) electrons. The number of anilines is 1. The van der Waals surface area contributed by atoms with Gasteiger partial charge < -0.3 is 10.2 Å². The van der Waals surface area contributed by atoms with Crippen LogP contribution in [0.1, 0.15) is 38.2 Å². The van der Waals surface area contributed by atoms with Crippen molar-refractivity contribution in [2.45, 2.75) is 39.0 Å². The van der Waals surface area contributed by atoms with Crippen LogP contribution in [0.2, 0.25) is 0 Å². The Bertz CT molecular complexity index is 409. The first-order valence-electron chi connectivity index (χ1n) is 7.33. The molecule has 0 bridgehead atoms. The number of rotatable bonds is 4. The molecule has 3 nitrogen and oxygen atoms in total. The molecular weight excluding hydrogens is 236 g/mol. The number of likely N-dealkylation sites (tertiary alicyclic amines) is 1. The molecule has 1 aliphatic heterocycles. The Balaban J connectivity index is 1.86. The molecule has 3 heteroatoms. The van der Waals surface area contributed by atoms with Gasteiger partial charge >= 0.3 is 0 Å². The number of amides is 1. The molecule has 0 aliphatic carbocycles. The Kier molecular flexibility index (Phi) is 5.40. The maximum absolute atomic E-state index is 11.0. The Labute approximate surface area is 116 Å². The molecule has 1 saturated heterocycles. The van der Waals surface area contributed by atoms with Gasteiger partial charge in [0.1, 0.15) is 0 Å². The molecule has 1 aromatic carbocycles. The maximum Gasteiger partial charge on any atom is 0.221 e. The molecule has 2 rings (SSSR count). The van der Waals surface area contributed by atoms with Gasteiger partial charge in [-0.1, -0.05) is 25.0 Å². The lowest BCUT2D eigenvalue weighted by Gasteiger charge is -2.19. The highest BCUT2D eigenvalue weighted by molar-refractivity contribution is 5.88. The van der Waals surface area contributed by atoms with Gasteiger partial charge in [-0.05, 0) is 50.0 Å². The van der Waals surface area contributed by atoms with Gasteiger partial charge in [-0.3, -0.25) is 4.79 Å². The third kappa shape index (κ3) is 5.03. The highest BCUT2D eigenvalue weighted by atomic mass is 16.1. The second-order valence-corrected chi connectivity index (χ2v) is 5.39. The van der Waals surface area contributed by atoms with E-state index >= 15 is 0 Å². The van der Waals surface area contributed by atoms with Crippen molar-refractivity contribution in [2.75, 3.05) is 25.0 Å². The van der Waals surface area contributed by atoms with Crippen LogP contribution in [0.15, 0.2) is 24.3 Å². The van der Waals surface area contributed by atoms with E-state index in [1.54, 1.807) is 6.92 Å². The second kappa shape index (κ2) is 7.29. The summed E-state index contributed by atoms with van der Waals surface area (Å²) in [6.07, 6.45) is 6.51. The van der Waals surface area contributed by atoms with Crippen LogP contribution in [0.5, 0.6) is 0 Å². The zero-order valence-electron chi connectivity index (χ0n) is 11.8. The summed E-state index contributed by atoms with van der Waals surface area (Å²) >= 11 is 0. The van der Waals surface area contributed by atoms with Crippen molar-refractivity contribution in [2.24, 2.45) is 0 Å². The first-order chi connectivity index (χ1) is 9.24. The Morgan fingerprint density at radius 3 is 2.63 bits per heavy atom. The minimum absolute atomic E-state index is 0.00957. The Morgan fingerprint density at radius 1 is 1.21 bits per heavy atom. The second-order valence-electron chi connectivity index (χ2n) is 5.39. The third-order valence-corrected chi connectivity index (χ3v) is 3.66. The predicted molar refractivity (Wildman–Crippen MR) is 79.4 cm³/mol. The highest BCUT2D eigenvalue weighted by Gasteiger charge is 2.08. The number of hydrogen-bond donors (Lipinski definition) is 1. The molecule has 19 heavy (non-hydrogen) atoms. The van der Waals surface area contributed by atoms with Crippen LogP contribution in [0, 0.1) is 0 Å². The van der Waals surface area contributed by atoms with E-state index in [1.807, 2.05) is 12.1 Å². The number of carbonyl (C=O) groups excluding carboxylic acids is 1. The lowest BCUT2D eigenvalue weighted by atomic mass is 10.1. The van der Waals surface area contributed by atoms with Crippen LogP contribution < -0.4 is 5.32 Å². The van der Waals surface area contributed by atoms with Crippen LogP contribution in [0.25, 0.3) is 0 Å². The van der Waals surface area contributed by atoms with E-state index in [0.29, 0.717) is 0 Å². The van der Waals surface area contributed by atoms with Crippen LogP contribution in [0.3, 0.4) is 0 Å². The molecule has 1 heterocycles. The lowest BCUT2D eigenvalue weighted by molar-refractivity contribution is -0.114. The largest absolute Gasteiger partial charge is 0.326 e. The van der Waals surface area contributed by atoms with Gasteiger partial charge in [0.15, 0.2) is 0 Å². The van der Waals surface area contributed by atoms with Crippen molar-refractivity contribution in [1.29, 1.82) is 0 Å². The number of hydrogen-bond acceptors (Lipinski definition) is 2. The molecule has 0 aromatic heterocycles. The fourth-order valence-electron chi connectivity index (χ4n) is 2.65. The summed E-state index contributed by atoms with van der Waals surface area (Å²) < 4.78 is 0. The van der Waals surface area contributed by atoms with Crippen LogP contribution in [-0.2, 0) is 11.2 Å². The zero-order chi connectivity index (χ0) is 13.5. The third-order valence-electron chi connectivity index (χ3n) is 3.66. The van der Waals surface area contributed by atoms with Crippen molar-refractivity contribution in [3.8, 4) is 0 Å². The van der Waals surface area contributed by atoms with Gasteiger partial charge in [0, 0.05) is 19.2 Å². The molecule has 1 aliphatic rings. The Hall–Kier alpha value is -1.35. The van der Waals surface area contributed by atoms with Gasteiger partial charge in [0.2, 0.25) is 5.91 Å². The zero-order valence-corrected chi connectivity index (χ0v) is 11.8. The molecule has 104 valence electrons. The molecule has 0 atom stereocenters. The molecule has 0 spiro atoms. The van der Waals surface area contributed by atoms with Crippen LogP contribution in [0.4, 0.5) is 5.69 Å². The highest BCUT2D eigenvalue weighted by Crippen LogP contribution is 2.13. The summed E-state index contributed by atoms with van der Waals surface area (Å²) in [5, 5.41) is 2.84. The van der Waals surface area contributed by atoms with Crippen molar-refractivity contribution in [1.82, 2.24) is 4.90 Å². The van der Waals surface area contributed by atoms with Crippen molar-refractivity contribution in [3.63, 3.8) is 0 Å². The fourth-order valence-corrected chi connectivity index (χ4v) is 2.65.